The number of benzene rings is 1. The second-order valence-corrected chi connectivity index (χ2v) is 9.91. The SMILES string of the molecule is Cc1cc(C)nc(Sc2ccc(NC(=O)C3CCCCN3S(C)(=O)=O)cc2)n1. The van der Waals surface area contributed by atoms with E-state index in [-0.39, 0.29) is 5.91 Å². The van der Waals surface area contributed by atoms with E-state index in [2.05, 4.69) is 15.3 Å². The van der Waals surface area contributed by atoms with Crippen molar-refractivity contribution in [2.45, 2.75) is 49.2 Å². The number of aromatic nitrogens is 2. The average Bonchev–Trinajstić information content (AvgIpc) is 2.62. The summed E-state index contributed by atoms with van der Waals surface area (Å²) in [4.78, 5) is 22.4. The van der Waals surface area contributed by atoms with Crippen LogP contribution < -0.4 is 5.32 Å². The second-order valence-electron chi connectivity index (χ2n) is 6.93. The smallest absolute Gasteiger partial charge is 0.242 e. The molecule has 28 heavy (non-hydrogen) atoms. The van der Waals surface area contributed by atoms with Gasteiger partial charge in [-0.25, -0.2) is 18.4 Å². The third-order valence-corrected chi connectivity index (χ3v) is 6.64. The minimum atomic E-state index is -3.41. The van der Waals surface area contributed by atoms with Gasteiger partial charge in [0.2, 0.25) is 15.9 Å². The van der Waals surface area contributed by atoms with Crippen LogP contribution in [-0.2, 0) is 14.8 Å². The highest BCUT2D eigenvalue weighted by molar-refractivity contribution is 7.99. The molecule has 1 aliphatic heterocycles. The van der Waals surface area contributed by atoms with Crippen LogP contribution in [0.2, 0.25) is 0 Å². The molecule has 1 aromatic carbocycles. The molecule has 1 aliphatic rings. The number of carbonyl (C=O) groups excluding carboxylic acids is 1. The van der Waals surface area contributed by atoms with Gasteiger partial charge in [-0.2, -0.15) is 4.31 Å². The molecule has 7 nitrogen and oxygen atoms in total. The Labute approximate surface area is 170 Å². The molecule has 1 N–H and O–H groups in total. The Morgan fingerprint density at radius 2 is 1.79 bits per heavy atom. The lowest BCUT2D eigenvalue weighted by Gasteiger charge is -2.32. The number of rotatable bonds is 5. The van der Waals surface area contributed by atoms with Crippen molar-refractivity contribution in [3.8, 4) is 0 Å². The largest absolute Gasteiger partial charge is 0.325 e. The summed E-state index contributed by atoms with van der Waals surface area (Å²) < 4.78 is 25.2. The molecule has 1 saturated heterocycles. The zero-order valence-corrected chi connectivity index (χ0v) is 17.8. The van der Waals surface area contributed by atoms with Gasteiger partial charge in [-0.05, 0) is 68.8 Å². The number of sulfonamides is 1. The maximum atomic E-state index is 12.6. The van der Waals surface area contributed by atoms with E-state index in [9.17, 15) is 13.2 Å². The number of nitrogens with one attached hydrogen (secondary N) is 1. The molecule has 1 fully saturated rings. The molecule has 0 radical (unpaired) electrons. The molecule has 1 atom stereocenters. The molecule has 9 heteroatoms. The molecule has 0 spiro atoms. The van der Waals surface area contributed by atoms with Crippen LogP contribution in [0.15, 0.2) is 40.4 Å². The number of anilines is 1. The Kier molecular flexibility index (Phi) is 6.36. The average molecular weight is 421 g/mol. The van der Waals surface area contributed by atoms with E-state index in [1.165, 1.54) is 16.1 Å². The highest BCUT2D eigenvalue weighted by Crippen LogP contribution is 2.27. The van der Waals surface area contributed by atoms with Crippen molar-refractivity contribution in [3.63, 3.8) is 0 Å². The van der Waals surface area contributed by atoms with E-state index in [4.69, 9.17) is 0 Å². The Hall–Kier alpha value is -1.97. The van der Waals surface area contributed by atoms with Crippen LogP contribution in [0.3, 0.4) is 0 Å². The van der Waals surface area contributed by atoms with Gasteiger partial charge in [0, 0.05) is 28.5 Å². The molecule has 2 heterocycles. The summed E-state index contributed by atoms with van der Waals surface area (Å²) in [6.07, 6.45) is 3.31. The van der Waals surface area contributed by atoms with Gasteiger partial charge >= 0.3 is 0 Å². The van der Waals surface area contributed by atoms with Gasteiger partial charge in [0.1, 0.15) is 6.04 Å². The molecule has 1 amide bonds. The van der Waals surface area contributed by atoms with E-state index in [0.29, 0.717) is 23.8 Å². The third kappa shape index (κ3) is 5.30. The third-order valence-electron chi connectivity index (χ3n) is 4.48. The van der Waals surface area contributed by atoms with Crippen LogP contribution in [0.1, 0.15) is 30.7 Å². The quantitative estimate of drug-likeness (QED) is 0.748. The van der Waals surface area contributed by atoms with Gasteiger partial charge < -0.3 is 5.32 Å². The summed E-state index contributed by atoms with van der Waals surface area (Å²) in [6.45, 7) is 4.26. The lowest BCUT2D eigenvalue weighted by Crippen LogP contribution is -2.49. The fraction of sp³-hybridized carbons (Fsp3) is 0.421. The normalized spacial score (nSPS) is 18.0. The van der Waals surface area contributed by atoms with Crippen molar-refractivity contribution in [1.82, 2.24) is 14.3 Å². The fourth-order valence-electron chi connectivity index (χ4n) is 3.24. The number of hydrogen-bond acceptors (Lipinski definition) is 6. The van der Waals surface area contributed by atoms with Crippen molar-refractivity contribution in [1.29, 1.82) is 0 Å². The van der Waals surface area contributed by atoms with E-state index in [0.717, 1.165) is 35.4 Å². The predicted octanol–water partition coefficient (Wildman–Crippen LogP) is 3.00. The van der Waals surface area contributed by atoms with Gasteiger partial charge in [0.05, 0.1) is 6.26 Å². The summed E-state index contributed by atoms with van der Waals surface area (Å²) in [5.41, 5.74) is 2.47. The van der Waals surface area contributed by atoms with Crippen molar-refractivity contribution < 1.29 is 13.2 Å². The van der Waals surface area contributed by atoms with Crippen LogP contribution >= 0.6 is 11.8 Å². The highest BCUT2D eigenvalue weighted by Gasteiger charge is 2.34. The fourth-order valence-corrected chi connectivity index (χ4v) is 5.23. The van der Waals surface area contributed by atoms with E-state index < -0.39 is 16.1 Å². The summed E-state index contributed by atoms with van der Waals surface area (Å²) in [6, 6.07) is 8.65. The van der Waals surface area contributed by atoms with Crippen molar-refractivity contribution in [2.75, 3.05) is 18.1 Å². The Morgan fingerprint density at radius 1 is 1.14 bits per heavy atom. The van der Waals surface area contributed by atoms with Crippen molar-refractivity contribution in [2.24, 2.45) is 0 Å². The maximum absolute atomic E-state index is 12.6. The first-order valence-electron chi connectivity index (χ1n) is 9.10. The Bertz CT molecular complexity index is 941. The Balaban J connectivity index is 1.67. The Morgan fingerprint density at radius 3 is 2.39 bits per heavy atom. The summed E-state index contributed by atoms with van der Waals surface area (Å²) in [5.74, 6) is -0.289. The van der Waals surface area contributed by atoms with Gasteiger partial charge in [-0.1, -0.05) is 6.42 Å². The van der Waals surface area contributed by atoms with Crippen LogP contribution in [0.4, 0.5) is 5.69 Å². The summed E-state index contributed by atoms with van der Waals surface area (Å²) in [5, 5.41) is 3.52. The van der Waals surface area contributed by atoms with Gasteiger partial charge in [-0.3, -0.25) is 4.79 Å². The molecule has 0 saturated carbocycles. The van der Waals surface area contributed by atoms with E-state index in [1.807, 2.05) is 32.0 Å². The van der Waals surface area contributed by atoms with Crippen LogP contribution in [0.25, 0.3) is 0 Å². The molecule has 0 aliphatic carbocycles. The predicted molar refractivity (Wildman–Crippen MR) is 110 cm³/mol. The molecule has 3 rings (SSSR count). The second kappa shape index (κ2) is 8.59. The molecule has 0 bridgehead atoms. The molecular weight excluding hydrogens is 396 g/mol. The topological polar surface area (TPSA) is 92.3 Å². The van der Waals surface area contributed by atoms with E-state index >= 15 is 0 Å². The minimum absolute atomic E-state index is 0.289. The molecule has 1 aromatic heterocycles. The summed E-state index contributed by atoms with van der Waals surface area (Å²) in [7, 11) is -3.41. The zero-order chi connectivity index (χ0) is 20.3. The van der Waals surface area contributed by atoms with E-state index in [1.54, 1.807) is 12.1 Å². The van der Waals surface area contributed by atoms with Gasteiger partial charge in [0.15, 0.2) is 5.16 Å². The monoisotopic (exact) mass is 420 g/mol. The first-order valence-corrected chi connectivity index (χ1v) is 11.8. The number of amides is 1. The van der Waals surface area contributed by atoms with Gasteiger partial charge in [0.25, 0.3) is 0 Å². The van der Waals surface area contributed by atoms with Crippen LogP contribution in [0, 0.1) is 13.8 Å². The molecule has 2 aromatic rings. The zero-order valence-electron chi connectivity index (χ0n) is 16.2. The molecule has 1 unspecified atom stereocenters. The first-order chi connectivity index (χ1) is 13.2. The summed E-state index contributed by atoms with van der Waals surface area (Å²) >= 11 is 1.45. The number of nitrogens with zero attached hydrogens (tertiary/aromatic N) is 3. The standard InChI is InChI=1S/C19H24N4O3S2/c1-13-12-14(2)21-19(20-13)27-16-9-7-15(8-10-16)22-18(24)17-6-4-5-11-23(17)28(3,25)26/h7-10,12,17H,4-6,11H2,1-3H3,(H,22,24). The lowest BCUT2D eigenvalue weighted by molar-refractivity contribution is -0.120. The lowest BCUT2D eigenvalue weighted by atomic mass is 10.0. The maximum Gasteiger partial charge on any atom is 0.242 e. The number of hydrogen-bond donors (Lipinski definition) is 1. The van der Waals surface area contributed by atoms with Crippen molar-refractivity contribution in [3.05, 3.63) is 41.7 Å². The van der Waals surface area contributed by atoms with Crippen molar-refractivity contribution >= 4 is 33.4 Å². The van der Waals surface area contributed by atoms with Gasteiger partial charge in [-0.15, -0.1) is 0 Å². The highest BCUT2D eigenvalue weighted by atomic mass is 32.2. The molecule has 150 valence electrons. The number of piperidine rings is 1. The van der Waals surface area contributed by atoms with Crippen LogP contribution in [0.5, 0.6) is 0 Å². The number of carbonyl (C=O) groups is 1. The first kappa shape index (κ1) is 20.8. The minimum Gasteiger partial charge on any atom is -0.325 e. The van der Waals surface area contributed by atoms with Crippen LogP contribution in [-0.4, -0.2) is 47.4 Å². The molecular formula is C19H24N4O3S2. The number of aryl methyl sites for hydroxylation is 2.